The molecule has 1 unspecified atom stereocenters. The minimum atomic E-state index is -0.233. The van der Waals surface area contributed by atoms with Crippen molar-refractivity contribution in [1.29, 1.82) is 0 Å². The van der Waals surface area contributed by atoms with Crippen LogP contribution in [0.5, 0.6) is 0 Å². The highest BCUT2D eigenvalue weighted by Crippen LogP contribution is 2.25. The molecule has 1 saturated carbocycles. The van der Waals surface area contributed by atoms with Crippen LogP contribution in [0.2, 0.25) is 0 Å². The maximum atomic E-state index is 12.2. The Hall–Kier alpha value is -0.570. The van der Waals surface area contributed by atoms with Gasteiger partial charge in [0.1, 0.15) is 0 Å². The van der Waals surface area contributed by atoms with Gasteiger partial charge in [0.25, 0.3) is 0 Å². The summed E-state index contributed by atoms with van der Waals surface area (Å²) in [6, 6.07) is 0. The van der Waals surface area contributed by atoms with E-state index in [2.05, 4.69) is 26.1 Å². The molecule has 3 heteroatoms. The SMILES string of the molecule is CC(C)CC(C)(CN)NC(=O)C1CCCCC1. The number of amides is 1. The normalized spacial score (nSPS) is 21.2. The average Bonchev–Trinajstić information content (AvgIpc) is 2.29. The van der Waals surface area contributed by atoms with Crippen LogP contribution in [-0.4, -0.2) is 18.0 Å². The van der Waals surface area contributed by atoms with Crippen molar-refractivity contribution in [1.82, 2.24) is 5.32 Å². The topological polar surface area (TPSA) is 55.1 Å². The Bertz CT molecular complexity index is 247. The molecule has 1 fully saturated rings. The summed E-state index contributed by atoms with van der Waals surface area (Å²) in [6.45, 7) is 6.92. The number of hydrogen-bond donors (Lipinski definition) is 2. The van der Waals surface area contributed by atoms with Crippen LogP contribution >= 0.6 is 0 Å². The van der Waals surface area contributed by atoms with Gasteiger partial charge in [0, 0.05) is 18.0 Å². The lowest BCUT2D eigenvalue weighted by molar-refractivity contribution is -0.127. The standard InChI is InChI=1S/C14H28N2O/c1-11(2)9-14(3,10-15)16-13(17)12-7-5-4-6-8-12/h11-12H,4-10,15H2,1-3H3,(H,16,17). The Morgan fingerprint density at radius 1 is 1.35 bits per heavy atom. The van der Waals surface area contributed by atoms with Gasteiger partial charge in [-0.25, -0.2) is 0 Å². The van der Waals surface area contributed by atoms with Gasteiger partial charge in [-0.3, -0.25) is 4.79 Å². The quantitative estimate of drug-likeness (QED) is 0.775. The predicted molar refractivity (Wildman–Crippen MR) is 71.6 cm³/mol. The number of hydrogen-bond acceptors (Lipinski definition) is 2. The molecule has 0 bridgehead atoms. The van der Waals surface area contributed by atoms with E-state index in [1.807, 2.05) is 0 Å². The molecule has 3 N–H and O–H groups in total. The Morgan fingerprint density at radius 2 is 1.94 bits per heavy atom. The minimum absolute atomic E-state index is 0.221. The van der Waals surface area contributed by atoms with E-state index < -0.39 is 0 Å². The zero-order chi connectivity index (χ0) is 12.9. The second kappa shape index (κ2) is 6.39. The van der Waals surface area contributed by atoms with E-state index >= 15 is 0 Å². The van der Waals surface area contributed by atoms with Crippen LogP contribution in [0.15, 0.2) is 0 Å². The van der Waals surface area contributed by atoms with Crippen molar-refractivity contribution in [2.24, 2.45) is 17.6 Å². The molecule has 0 aliphatic heterocycles. The van der Waals surface area contributed by atoms with E-state index in [0.717, 1.165) is 19.3 Å². The van der Waals surface area contributed by atoms with Crippen LogP contribution in [0.4, 0.5) is 0 Å². The summed E-state index contributed by atoms with van der Waals surface area (Å²) >= 11 is 0. The minimum Gasteiger partial charge on any atom is -0.349 e. The van der Waals surface area contributed by atoms with Gasteiger partial charge in [0.05, 0.1) is 0 Å². The summed E-state index contributed by atoms with van der Waals surface area (Å²) in [7, 11) is 0. The monoisotopic (exact) mass is 240 g/mol. The Labute approximate surface area is 106 Å². The second-order valence-electron chi connectivity index (χ2n) is 6.19. The van der Waals surface area contributed by atoms with Crippen molar-refractivity contribution >= 4 is 5.91 Å². The van der Waals surface area contributed by atoms with Crippen molar-refractivity contribution < 1.29 is 4.79 Å². The zero-order valence-electron chi connectivity index (χ0n) is 11.6. The van der Waals surface area contributed by atoms with E-state index in [1.54, 1.807) is 0 Å². The van der Waals surface area contributed by atoms with Gasteiger partial charge in [0.2, 0.25) is 5.91 Å². The van der Waals surface area contributed by atoms with E-state index in [4.69, 9.17) is 5.73 Å². The fraction of sp³-hybridized carbons (Fsp3) is 0.929. The molecule has 1 rings (SSSR count). The zero-order valence-corrected chi connectivity index (χ0v) is 11.6. The van der Waals surface area contributed by atoms with E-state index in [9.17, 15) is 4.79 Å². The van der Waals surface area contributed by atoms with Crippen molar-refractivity contribution in [3.8, 4) is 0 Å². The number of nitrogens with two attached hydrogens (primary N) is 1. The maximum Gasteiger partial charge on any atom is 0.223 e. The lowest BCUT2D eigenvalue weighted by Crippen LogP contribution is -2.53. The van der Waals surface area contributed by atoms with E-state index in [0.29, 0.717) is 12.5 Å². The van der Waals surface area contributed by atoms with Gasteiger partial charge in [-0.05, 0) is 32.1 Å². The molecule has 1 aliphatic carbocycles. The van der Waals surface area contributed by atoms with Gasteiger partial charge in [-0.15, -0.1) is 0 Å². The summed E-state index contributed by atoms with van der Waals surface area (Å²) in [4.78, 5) is 12.2. The molecule has 0 aromatic rings. The fourth-order valence-corrected chi connectivity index (χ4v) is 2.85. The van der Waals surface area contributed by atoms with Gasteiger partial charge >= 0.3 is 0 Å². The third kappa shape index (κ3) is 4.66. The average molecular weight is 240 g/mol. The van der Waals surface area contributed by atoms with Crippen LogP contribution in [0.3, 0.4) is 0 Å². The summed E-state index contributed by atoms with van der Waals surface area (Å²) in [5.74, 6) is 0.996. The Morgan fingerprint density at radius 3 is 2.41 bits per heavy atom. The molecule has 17 heavy (non-hydrogen) atoms. The molecule has 0 saturated heterocycles. The maximum absolute atomic E-state index is 12.2. The van der Waals surface area contributed by atoms with Crippen LogP contribution in [0.25, 0.3) is 0 Å². The van der Waals surface area contributed by atoms with Crippen molar-refractivity contribution in [2.45, 2.75) is 64.8 Å². The van der Waals surface area contributed by atoms with Gasteiger partial charge in [0.15, 0.2) is 0 Å². The summed E-state index contributed by atoms with van der Waals surface area (Å²) in [6.07, 6.45) is 6.72. The fourth-order valence-electron chi connectivity index (χ4n) is 2.85. The van der Waals surface area contributed by atoms with Crippen LogP contribution in [-0.2, 0) is 4.79 Å². The van der Waals surface area contributed by atoms with Crippen molar-refractivity contribution in [3.05, 3.63) is 0 Å². The summed E-state index contributed by atoms with van der Waals surface area (Å²) in [5.41, 5.74) is 5.59. The lowest BCUT2D eigenvalue weighted by Gasteiger charge is -2.33. The second-order valence-corrected chi connectivity index (χ2v) is 6.19. The molecule has 0 radical (unpaired) electrons. The smallest absolute Gasteiger partial charge is 0.223 e. The molecule has 3 nitrogen and oxygen atoms in total. The number of nitrogens with one attached hydrogen (secondary N) is 1. The molecule has 100 valence electrons. The third-order valence-corrected chi connectivity index (χ3v) is 3.71. The first-order valence-electron chi connectivity index (χ1n) is 6.99. The number of carbonyl (C=O) groups is 1. The Kier molecular flexibility index (Phi) is 5.44. The van der Waals surface area contributed by atoms with Gasteiger partial charge < -0.3 is 11.1 Å². The molecular weight excluding hydrogens is 212 g/mol. The van der Waals surface area contributed by atoms with Crippen molar-refractivity contribution in [3.63, 3.8) is 0 Å². The molecule has 0 heterocycles. The van der Waals surface area contributed by atoms with Crippen molar-refractivity contribution in [2.75, 3.05) is 6.54 Å². The van der Waals surface area contributed by atoms with E-state index in [1.165, 1.54) is 19.3 Å². The largest absolute Gasteiger partial charge is 0.349 e. The molecular formula is C14H28N2O. The highest BCUT2D eigenvalue weighted by molar-refractivity contribution is 5.79. The molecule has 0 aromatic carbocycles. The Balaban J connectivity index is 2.51. The highest BCUT2D eigenvalue weighted by atomic mass is 16.2. The number of carbonyl (C=O) groups excluding carboxylic acids is 1. The summed E-state index contributed by atoms with van der Waals surface area (Å²) in [5, 5.41) is 3.18. The number of rotatable bonds is 5. The van der Waals surface area contributed by atoms with Crippen LogP contribution in [0.1, 0.15) is 59.3 Å². The van der Waals surface area contributed by atoms with Gasteiger partial charge in [-0.2, -0.15) is 0 Å². The molecule has 1 amide bonds. The first kappa shape index (κ1) is 14.5. The highest BCUT2D eigenvalue weighted by Gasteiger charge is 2.29. The lowest BCUT2D eigenvalue weighted by atomic mass is 9.86. The molecule has 1 aliphatic rings. The molecule has 0 aromatic heterocycles. The van der Waals surface area contributed by atoms with E-state index in [-0.39, 0.29) is 17.4 Å². The first-order chi connectivity index (χ1) is 7.97. The predicted octanol–water partition coefficient (Wildman–Crippen LogP) is 2.45. The van der Waals surface area contributed by atoms with Crippen LogP contribution < -0.4 is 11.1 Å². The first-order valence-corrected chi connectivity index (χ1v) is 6.99. The third-order valence-electron chi connectivity index (χ3n) is 3.71. The molecule has 1 atom stereocenters. The molecule has 0 spiro atoms. The van der Waals surface area contributed by atoms with Gasteiger partial charge in [-0.1, -0.05) is 33.1 Å². The summed E-state index contributed by atoms with van der Waals surface area (Å²) < 4.78 is 0. The van der Waals surface area contributed by atoms with Crippen LogP contribution in [0, 0.1) is 11.8 Å².